The molecule has 0 N–H and O–H groups in total. The smallest absolute Gasteiger partial charge is 0.0487 e. The van der Waals surface area contributed by atoms with Gasteiger partial charge in [0.2, 0.25) is 0 Å². The van der Waals surface area contributed by atoms with Crippen molar-refractivity contribution >= 4 is 10.8 Å². The highest BCUT2D eigenvalue weighted by Crippen LogP contribution is 2.18. The van der Waals surface area contributed by atoms with E-state index in [0.717, 1.165) is 0 Å². The summed E-state index contributed by atoms with van der Waals surface area (Å²) < 4.78 is 10.8. The minimum Gasteiger partial charge on any atom is -0.255 e. The molecule has 0 amide bonds. The molecular weight excluding hydrogens is 120 g/mol. The zero-order chi connectivity index (χ0) is 6.15. The highest BCUT2D eigenvalue weighted by Gasteiger charge is 2.19. The van der Waals surface area contributed by atoms with Crippen LogP contribution in [0.1, 0.15) is 13.8 Å². The molecule has 0 aromatic rings. The minimum atomic E-state index is -0.678. The third-order valence-electron chi connectivity index (χ3n) is 1.62. The van der Waals surface area contributed by atoms with E-state index in [9.17, 15) is 4.21 Å². The molecule has 0 aromatic carbocycles. The average molecular weight is 130 g/mol. The molecule has 3 atom stereocenters. The van der Waals surface area contributed by atoms with E-state index < -0.39 is 10.8 Å². The highest BCUT2D eigenvalue weighted by atomic mass is 32.2. The quantitative estimate of drug-likeness (QED) is 0.483. The van der Waals surface area contributed by atoms with Gasteiger partial charge < -0.3 is 0 Å². The lowest BCUT2D eigenvalue weighted by molar-refractivity contribution is 0.658. The van der Waals surface area contributed by atoms with Crippen molar-refractivity contribution in [1.29, 1.82) is 0 Å². The van der Waals surface area contributed by atoms with Crippen LogP contribution in [0, 0.1) is 5.92 Å². The van der Waals surface area contributed by atoms with Crippen LogP contribution in [0.25, 0.3) is 0 Å². The molecule has 1 nitrogen and oxygen atoms in total. The average Bonchev–Trinajstić information content (AvgIpc) is 1.98. The Hall–Kier alpha value is -0.110. The standard InChI is InChI=1S/C6H10OS/c1-5-3-4-8(7)6(5)2/h3-6H,1-2H3. The molecule has 1 aliphatic rings. The van der Waals surface area contributed by atoms with Gasteiger partial charge in [-0.3, -0.25) is 4.21 Å². The van der Waals surface area contributed by atoms with Crippen molar-refractivity contribution < 1.29 is 4.21 Å². The molecule has 0 aromatic heterocycles. The predicted octanol–water partition coefficient (Wildman–Crippen LogP) is 1.29. The summed E-state index contributed by atoms with van der Waals surface area (Å²) in [6.07, 6.45) is 2.01. The second-order valence-electron chi connectivity index (χ2n) is 2.22. The van der Waals surface area contributed by atoms with Gasteiger partial charge >= 0.3 is 0 Å². The van der Waals surface area contributed by atoms with Crippen LogP contribution in [0.15, 0.2) is 11.5 Å². The van der Waals surface area contributed by atoms with Gasteiger partial charge in [0.15, 0.2) is 0 Å². The summed E-state index contributed by atoms with van der Waals surface area (Å²) in [6.45, 7) is 4.10. The number of hydrogen-bond donors (Lipinski definition) is 0. The summed E-state index contributed by atoms with van der Waals surface area (Å²) in [5, 5.41) is 2.13. The van der Waals surface area contributed by atoms with Crippen molar-refractivity contribution in [3.05, 3.63) is 11.5 Å². The van der Waals surface area contributed by atoms with Gasteiger partial charge in [0.05, 0.1) is 0 Å². The van der Waals surface area contributed by atoms with E-state index in [1.165, 1.54) is 0 Å². The maximum atomic E-state index is 10.8. The van der Waals surface area contributed by atoms with Gasteiger partial charge in [0.25, 0.3) is 0 Å². The van der Waals surface area contributed by atoms with Crippen molar-refractivity contribution in [2.45, 2.75) is 19.1 Å². The molecule has 0 bridgehead atoms. The van der Waals surface area contributed by atoms with E-state index in [2.05, 4.69) is 6.92 Å². The summed E-state index contributed by atoms with van der Waals surface area (Å²) >= 11 is 0. The first-order valence-electron chi connectivity index (χ1n) is 2.79. The molecule has 0 saturated carbocycles. The molecule has 0 fully saturated rings. The first-order valence-corrected chi connectivity index (χ1v) is 4.07. The zero-order valence-corrected chi connectivity index (χ0v) is 5.94. The van der Waals surface area contributed by atoms with Crippen molar-refractivity contribution in [3.8, 4) is 0 Å². The van der Waals surface area contributed by atoms with Crippen LogP contribution in [-0.2, 0) is 10.8 Å². The minimum absolute atomic E-state index is 0.343. The molecule has 8 heavy (non-hydrogen) atoms. The molecule has 0 spiro atoms. The molecule has 46 valence electrons. The normalized spacial score (nSPS) is 45.5. The first-order chi connectivity index (χ1) is 3.72. The molecule has 1 heterocycles. The second kappa shape index (κ2) is 2.02. The molecule has 0 saturated heterocycles. The maximum Gasteiger partial charge on any atom is 0.0487 e. The third kappa shape index (κ3) is 0.848. The largest absolute Gasteiger partial charge is 0.255 e. The number of allylic oxidation sites excluding steroid dienone is 1. The van der Waals surface area contributed by atoms with Crippen LogP contribution in [0.5, 0.6) is 0 Å². The number of rotatable bonds is 0. The summed E-state index contributed by atoms with van der Waals surface area (Å²) in [7, 11) is -0.678. The number of hydrogen-bond acceptors (Lipinski definition) is 1. The molecule has 0 aliphatic carbocycles. The fourth-order valence-electron chi connectivity index (χ4n) is 0.693. The van der Waals surface area contributed by atoms with E-state index in [1.54, 1.807) is 5.41 Å². The Morgan fingerprint density at radius 2 is 2.12 bits per heavy atom. The Morgan fingerprint density at radius 1 is 1.50 bits per heavy atom. The van der Waals surface area contributed by atoms with Gasteiger partial charge in [-0.1, -0.05) is 13.0 Å². The van der Waals surface area contributed by atoms with Crippen molar-refractivity contribution in [3.63, 3.8) is 0 Å². The van der Waals surface area contributed by atoms with E-state index in [0.29, 0.717) is 11.2 Å². The van der Waals surface area contributed by atoms with Crippen LogP contribution in [0.4, 0.5) is 0 Å². The molecule has 1 aliphatic heterocycles. The Kier molecular flexibility index (Phi) is 1.52. The van der Waals surface area contributed by atoms with Gasteiger partial charge in [0.1, 0.15) is 0 Å². The van der Waals surface area contributed by atoms with Gasteiger partial charge in [-0.05, 0) is 18.2 Å². The van der Waals surface area contributed by atoms with Gasteiger partial charge in [0, 0.05) is 16.0 Å². The van der Waals surface area contributed by atoms with E-state index in [4.69, 9.17) is 0 Å². The summed E-state index contributed by atoms with van der Waals surface area (Å²) in [4.78, 5) is 0. The SMILES string of the molecule is CC1C=CS(=O)C1C. The monoisotopic (exact) mass is 130 g/mol. The Morgan fingerprint density at radius 3 is 2.25 bits per heavy atom. The van der Waals surface area contributed by atoms with Crippen LogP contribution < -0.4 is 0 Å². The molecule has 2 heteroatoms. The van der Waals surface area contributed by atoms with Gasteiger partial charge in [-0.2, -0.15) is 0 Å². The lowest BCUT2D eigenvalue weighted by atomic mass is 10.1. The molecule has 1 rings (SSSR count). The lowest BCUT2D eigenvalue weighted by Gasteiger charge is -2.04. The maximum absolute atomic E-state index is 10.8. The fraction of sp³-hybridized carbons (Fsp3) is 0.667. The van der Waals surface area contributed by atoms with E-state index in [1.807, 2.05) is 13.0 Å². The third-order valence-corrected chi connectivity index (χ3v) is 3.21. The van der Waals surface area contributed by atoms with Crippen LogP contribution in [0.2, 0.25) is 0 Å². The highest BCUT2D eigenvalue weighted by molar-refractivity contribution is 7.88. The molecular formula is C6H10OS. The van der Waals surface area contributed by atoms with Gasteiger partial charge in [-0.15, -0.1) is 0 Å². The fourth-order valence-corrected chi connectivity index (χ4v) is 1.86. The zero-order valence-electron chi connectivity index (χ0n) is 5.13. The summed E-state index contributed by atoms with van der Waals surface area (Å²) in [6, 6.07) is 0. The van der Waals surface area contributed by atoms with Crippen molar-refractivity contribution in [2.24, 2.45) is 5.92 Å². The summed E-state index contributed by atoms with van der Waals surface area (Å²) in [5.74, 6) is 0.510. The summed E-state index contributed by atoms with van der Waals surface area (Å²) in [5.41, 5.74) is 0. The van der Waals surface area contributed by atoms with Crippen molar-refractivity contribution in [1.82, 2.24) is 0 Å². The lowest BCUT2D eigenvalue weighted by Crippen LogP contribution is -2.09. The second-order valence-corrected chi connectivity index (χ2v) is 3.89. The molecule has 3 unspecified atom stereocenters. The van der Waals surface area contributed by atoms with Gasteiger partial charge in [-0.25, -0.2) is 0 Å². The first kappa shape index (κ1) is 6.02. The molecule has 0 radical (unpaired) electrons. The topological polar surface area (TPSA) is 17.1 Å². The van der Waals surface area contributed by atoms with Crippen LogP contribution >= 0.6 is 0 Å². The predicted molar refractivity (Wildman–Crippen MR) is 35.9 cm³/mol. The van der Waals surface area contributed by atoms with E-state index >= 15 is 0 Å². The Balaban J connectivity index is 2.69. The van der Waals surface area contributed by atoms with Crippen LogP contribution in [0.3, 0.4) is 0 Å². The van der Waals surface area contributed by atoms with Crippen molar-refractivity contribution in [2.75, 3.05) is 0 Å². The van der Waals surface area contributed by atoms with Crippen LogP contribution in [-0.4, -0.2) is 9.46 Å². The Labute approximate surface area is 52.2 Å². The Bertz CT molecular complexity index is 139. The van der Waals surface area contributed by atoms with E-state index in [-0.39, 0.29) is 0 Å².